The first-order valence-corrected chi connectivity index (χ1v) is 29.2. The van der Waals surface area contributed by atoms with Gasteiger partial charge in [0.05, 0.1) is 25.2 Å². The summed E-state index contributed by atoms with van der Waals surface area (Å²) in [4.78, 5) is 26.3. The number of hydrogen-bond donors (Lipinski definition) is 3. The van der Waals surface area contributed by atoms with Crippen molar-refractivity contribution >= 4 is 11.9 Å². The molecule has 0 rings (SSSR count). The van der Waals surface area contributed by atoms with Gasteiger partial charge in [-0.25, -0.2) is 0 Å². The number of aliphatic hydroxyl groups excluding tert-OH is 2. The van der Waals surface area contributed by atoms with Gasteiger partial charge in [0.2, 0.25) is 5.91 Å². The van der Waals surface area contributed by atoms with E-state index in [9.17, 15) is 19.8 Å². The Kier molecular flexibility index (Phi) is 53.0. The standard InChI is InChI=1S/C62H111NO5/c1-4-7-10-13-16-19-22-25-28-31-34-37-40-43-46-49-52-55-62(67)68-58(53-50-47-44-41-38-35-32-29-26-23-20-17-14-11-8-5-2)56-61(66)63-59(57-64)60(65)54-51-48-45-42-39-36-33-30-27-24-21-18-15-12-9-6-3/h16,19,23,25-26,28-29,32,34-35,37-38,58-60,64-65H,4-15,17-18,20-22,24,27,30-31,33,36,39-57H2,1-3H3,(H,63,66)/b19-16-,26-23+,28-25-,32-29+,37-34-,38-35+. The smallest absolute Gasteiger partial charge is 0.306 e. The number of amides is 1. The van der Waals surface area contributed by atoms with Crippen molar-refractivity contribution in [2.75, 3.05) is 6.61 Å². The lowest BCUT2D eigenvalue weighted by Gasteiger charge is -2.24. The Hall–Kier alpha value is -2.70. The summed E-state index contributed by atoms with van der Waals surface area (Å²) in [6.45, 7) is 6.45. The molecule has 394 valence electrons. The lowest BCUT2D eigenvalue weighted by atomic mass is 10.0. The Morgan fingerprint density at radius 3 is 1.29 bits per heavy atom. The molecule has 1 amide bonds. The zero-order valence-corrected chi connectivity index (χ0v) is 45.0. The summed E-state index contributed by atoms with van der Waals surface area (Å²) in [5.41, 5.74) is 0. The van der Waals surface area contributed by atoms with E-state index in [-0.39, 0.29) is 24.9 Å². The number of ether oxygens (including phenoxy) is 1. The minimum atomic E-state index is -0.805. The molecule has 0 aliphatic carbocycles. The van der Waals surface area contributed by atoms with E-state index in [0.717, 1.165) is 96.3 Å². The maximum atomic E-state index is 13.3. The fraction of sp³-hybridized carbons (Fsp3) is 0.774. The van der Waals surface area contributed by atoms with Crippen molar-refractivity contribution in [3.8, 4) is 0 Å². The first-order chi connectivity index (χ1) is 33.5. The zero-order valence-electron chi connectivity index (χ0n) is 45.0. The highest BCUT2D eigenvalue weighted by atomic mass is 16.5. The molecule has 0 saturated carbocycles. The van der Waals surface area contributed by atoms with E-state index >= 15 is 0 Å². The molecule has 6 nitrogen and oxygen atoms in total. The maximum Gasteiger partial charge on any atom is 0.306 e. The molecule has 0 bridgehead atoms. The summed E-state index contributed by atoms with van der Waals surface area (Å²) in [5, 5.41) is 23.9. The van der Waals surface area contributed by atoms with E-state index in [0.29, 0.717) is 19.3 Å². The van der Waals surface area contributed by atoms with E-state index in [1.807, 2.05) is 0 Å². The maximum absolute atomic E-state index is 13.3. The van der Waals surface area contributed by atoms with Crippen molar-refractivity contribution in [2.45, 2.75) is 302 Å². The Labute approximate surface area is 421 Å². The minimum Gasteiger partial charge on any atom is -0.462 e. The summed E-state index contributed by atoms with van der Waals surface area (Å²) < 4.78 is 5.94. The van der Waals surface area contributed by atoms with Crippen LogP contribution >= 0.6 is 0 Å². The lowest BCUT2D eigenvalue weighted by molar-refractivity contribution is -0.151. The summed E-state index contributed by atoms with van der Waals surface area (Å²) in [6.07, 6.45) is 71.0. The number of nitrogens with one attached hydrogen (secondary N) is 1. The molecular weight excluding hydrogens is 839 g/mol. The Morgan fingerprint density at radius 2 is 0.809 bits per heavy atom. The highest BCUT2D eigenvalue weighted by Gasteiger charge is 2.24. The van der Waals surface area contributed by atoms with Crippen LogP contribution in [0.4, 0.5) is 0 Å². The number of allylic oxidation sites excluding steroid dienone is 12. The van der Waals surface area contributed by atoms with Gasteiger partial charge in [-0.1, -0.05) is 254 Å². The van der Waals surface area contributed by atoms with E-state index in [1.54, 1.807) is 0 Å². The summed E-state index contributed by atoms with van der Waals surface area (Å²) in [5.74, 6) is -0.529. The molecule has 3 N–H and O–H groups in total. The van der Waals surface area contributed by atoms with Crippen molar-refractivity contribution in [2.24, 2.45) is 0 Å². The van der Waals surface area contributed by atoms with Crippen molar-refractivity contribution in [1.29, 1.82) is 0 Å². The number of aliphatic hydroxyl groups is 2. The molecule has 6 heteroatoms. The lowest BCUT2D eigenvalue weighted by Crippen LogP contribution is -2.46. The average Bonchev–Trinajstić information content (AvgIpc) is 3.33. The first-order valence-electron chi connectivity index (χ1n) is 29.2. The molecular formula is C62H111NO5. The number of esters is 1. The molecule has 0 aromatic rings. The van der Waals surface area contributed by atoms with E-state index in [2.05, 4.69) is 99.0 Å². The van der Waals surface area contributed by atoms with Crippen LogP contribution in [-0.4, -0.2) is 46.9 Å². The number of hydrogen-bond acceptors (Lipinski definition) is 5. The Bertz CT molecular complexity index is 1250. The van der Waals surface area contributed by atoms with Gasteiger partial charge >= 0.3 is 5.97 Å². The SMILES string of the molecule is CCCCC/C=C\C/C=C\C/C=C\CCCCCCC(=O)OC(CCCCC/C=C/C=C/C=C/CCCCCCC)CC(=O)NC(CO)C(O)CCCCCCCCCCCCCCCCCC. The molecule has 0 spiro atoms. The summed E-state index contributed by atoms with van der Waals surface area (Å²) in [7, 11) is 0. The molecule has 0 radical (unpaired) electrons. The van der Waals surface area contributed by atoms with Crippen LogP contribution in [0, 0.1) is 0 Å². The third kappa shape index (κ3) is 49.7. The Balaban J connectivity index is 4.66. The minimum absolute atomic E-state index is 0.0439. The van der Waals surface area contributed by atoms with Gasteiger partial charge in [0.25, 0.3) is 0 Å². The van der Waals surface area contributed by atoms with E-state index in [4.69, 9.17) is 4.74 Å². The van der Waals surface area contributed by atoms with Gasteiger partial charge in [-0.15, -0.1) is 0 Å². The van der Waals surface area contributed by atoms with Crippen molar-refractivity contribution in [1.82, 2.24) is 5.32 Å². The van der Waals surface area contributed by atoms with Gasteiger partial charge in [0.15, 0.2) is 0 Å². The van der Waals surface area contributed by atoms with Gasteiger partial charge in [-0.3, -0.25) is 9.59 Å². The van der Waals surface area contributed by atoms with Gasteiger partial charge in [0.1, 0.15) is 6.10 Å². The quantitative estimate of drug-likeness (QED) is 0.0244. The van der Waals surface area contributed by atoms with Gasteiger partial charge in [0, 0.05) is 6.42 Å². The topological polar surface area (TPSA) is 95.9 Å². The predicted octanol–water partition coefficient (Wildman–Crippen LogP) is 18.1. The molecule has 0 aliphatic heterocycles. The summed E-state index contributed by atoms with van der Waals surface area (Å²) in [6, 6.07) is -0.722. The molecule has 0 aliphatic rings. The number of carbonyl (C=O) groups excluding carboxylic acids is 2. The molecule has 3 unspecified atom stereocenters. The largest absolute Gasteiger partial charge is 0.462 e. The van der Waals surface area contributed by atoms with Crippen LogP contribution in [0.3, 0.4) is 0 Å². The van der Waals surface area contributed by atoms with Gasteiger partial charge in [-0.05, 0) is 89.9 Å². The molecule has 0 saturated heterocycles. The third-order valence-electron chi connectivity index (χ3n) is 13.1. The second-order valence-corrected chi connectivity index (χ2v) is 19.7. The normalized spacial score (nSPS) is 13.7. The highest BCUT2D eigenvalue weighted by molar-refractivity contribution is 5.77. The van der Waals surface area contributed by atoms with E-state index in [1.165, 1.54) is 141 Å². The molecule has 0 aromatic carbocycles. The van der Waals surface area contributed by atoms with Crippen LogP contribution < -0.4 is 5.32 Å². The van der Waals surface area contributed by atoms with Gasteiger partial charge in [-0.2, -0.15) is 0 Å². The number of carbonyl (C=O) groups is 2. The number of unbranched alkanes of at least 4 members (excludes halogenated alkanes) is 30. The van der Waals surface area contributed by atoms with Crippen LogP contribution in [0.5, 0.6) is 0 Å². The molecule has 0 fully saturated rings. The van der Waals surface area contributed by atoms with Crippen molar-refractivity contribution in [3.05, 3.63) is 72.9 Å². The fourth-order valence-corrected chi connectivity index (χ4v) is 8.62. The fourth-order valence-electron chi connectivity index (χ4n) is 8.62. The van der Waals surface area contributed by atoms with Gasteiger partial charge < -0.3 is 20.3 Å². The first kappa shape index (κ1) is 65.3. The van der Waals surface area contributed by atoms with Crippen LogP contribution in [0.2, 0.25) is 0 Å². The zero-order chi connectivity index (χ0) is 49.5. The van der Waals surface area contributed by atoms with Crippen LogP contribution in [0.15, 0.2) is 72.9 Å². The highest BCUT2D eigenvalue weighted by Crippen LogP contribution is 2.18. The van der Waals surface area contributed by atoms with Crippen molar-refractivity contribution < 1.29 is 24.5 Å². The number of rotatable bonds is 52. The Morgan fingerprint density at radius 1 is 0.441 bits per heavy atom. The summed E-state index contributed by atoms with van der Waals surface area (Å²) >= 11 is 0. The molecule has 3 atom stereocenters. The van der Waals surface area contributed by atoms with Crippen molar-refractivity contribution in [3.63, 3.8) is 0 Å². The van der Waals surface area contributed by atoms with Crippen LogP contribution in [-0.2, 0) is 14.3 Å². The van der Waals surface area contributed by atoms with E-state index < -0.39 is 18.2 Å². The average molecular weight is 951 g/mol. The second-order valence-electron chi connectivity index (χ2n) is 19.7. The van der Waals surface area contributed by atoms with Crippen LogP contribution in [0.25, 0.3) is 0 Å². The third-order valence-corrected chi connectivity index (χ3v) is 13.1. The molecule has 0 aromatic heterocycles. The van der Waals surface area contributed by atoms with Crippen LogP contribution in [0.1, 0.15) is 284 Å². The monoisotopic (exact) mass is 950 g/mol. The predicted molar refractivity (Wildman–Crippen MR) is 296 cm³/mol. The second kappa shape index (κ2) is 55.2. The molecule has 68 heavy (non-hydrogen) atoms. The molecule has 0 heterocycles.